The second-order valence-corrected chi connectivity index (χ2v) is 5.94. The predicted octanol–water partition coefficient (Wildman–Crippen LogP) is 0.0751. The van der Waals surface area contributed by atoms with Gasteiger partial charge in [-0.3, -0.25) is 9.59 Å². The quantitative estimate of drug-likeness (QED) is 0.846. The van der Waals surface area contributed by atoms with E-state index in [4.69, 9.17) is 4.74 Å². The third-order valence-corrected chi connectivity index (χ3v) is 4.47. The molecule has 1 aromatic rings. The van der Waals surface area contributed by atoms with Crippen LogP contribution in [0.2, 0.25) is 0 Å². The Kier molecular flexibility index (Phi) is 4.35. The molecule has 2 saturated heterocycles. The molecule has 1 atom stereocenters. The Hall–Kier alpha value is -1.67. The number of thioether (sulfide) groups is 1. The van der Waals surface area contributed by atoms with E-state index in [2.05, 4.69) is 20.2 Å². The molecule has 2 aliphatic rings. The molecule has 21 heavy (non-hydrogen) atoms. The first-order chi connectivity index (χ1) is 10.2. The maximum absolute atomic E-state index is 12.2. The van der Waals surface area contributed by atoms with E-state index in [1.54, 1.807) is 6.07 Å². The van der Waals surface area contributed by atoms with Crippen molar-refractivity contribution in [3.8, 4) is 0 Å². The van der Waals surface area contributed by atoms with Gasteiger partial charge < -0.3 is 15.0 Å². The van der Waals surface area contributed by atoms with Crippen LogP contribution in [0.15, 0.2) is 12.4 Å². The smallest absolute Gasteiger partial charge is 0.270 e. The predicted molar refractivity (Wildman–Crippen MR) is 78.4 cm³/mol. The van der Waals surface area contributed by atoms with Crippen LogP contribution in [0, 0.1) is 0 Å². The van der Waals surface area contributed by atoms with Gasteiger partial charge in [-0.05, 0) is 6.42 Å². The minimum atomic E-state index is -0.399. The highest BCUT2D eigenvalue weighted by atomic mass is 32.2. The Balaban J connectivity index is 1.69. The molecule has 3 rings (SSSR count). The molecule has 1 aromatic heterocycles. The Morgan fingerprint density at radius 1 is 1.38 bits per heavy atom. The lowest BCUT2D eigenvalue weighted by Crippen LogP contribution is -2.38. The number of nitrogens with zero attached hydrogens (tertiary/aromatic N) is 3. The fraction of sp³-hybridized carbons (Fsp3) is 0.538. The van der Waals surface area contributed by atoms with E-state index in [0.29, 0.717) is 25.5 Å². The molecule has 0 radical (unpaired) electrons. The monoisotopic (exact) mass is 308 g/mol. The maximum Gasteiger partial charge on any atom is 0.270 e. The first-order valence-corrected chi connectivity index (χ1v) is 7.85. The van der Waals surface area contributed by atoms with Crippen molar-refractivity contribution in [2.24, 2.45) is 0 Å². The summed E-state index contributed by atoms with van der Waals surface area (Å²) in [6.45, 7) is 2.80. The first kappa shape index (κ1) is 14.3. The molecule has 2 fully saturated rings. The molecule has 0 saturated carbocycles. The molecule has 112 valence electrons. The number of rotatable bonds is 3. The number of amides is 1. The molecule has 0 aliphatic carbocycles. The third-order valence-electron chi connectivity index (χ3n) is 3.46. The highest BCUT2D eigenvalue weighted by Gasteiger charge is 2.27. The van der Waals surface area contributed by atoms with Crippen molar-refractivity contribution in [2.45, 2.75) is 12.5 Å². The van der Waals surface area contributed by atoms with Gasteiger partial charge in [0.25, 0.3) is 5.91 Å². The van der Waals surface area contributed by atoms with Crippen LogP contribution in [0.3, 0.4) is 0 Å². The van der Waals surface area contributed by atoms with Crippen LogP contribution in [0.5, 0.6) is 0 Å². The molecule has 1 amide bonds. The zero-order valence-electron chi connectivity index (χ0n) is 11.4. The van der Waals surface area contributed by atoms with Crippen molar-refractivity contribution in [3.05, 3.63) is 18.1 Å². The van der Waals surface area contributed by atoms with Crippen LogP contribution in [0.4, 0.5) is 5.82 Å². The Morgan fingerprint density at radius 3 is 2.90 bits per heavy atom. The molecule has 7 nitrogen and oxygen atoms in total. The van der Waals surface area contributed by atoms with Crippen molar-refractivity contribution >= 4 is 28.6 Å². The van der Waals surface area contributed by atoms with Crippen molar-refractivity contribution in [3.63, 3.8) is 0 Å². The zero-order valence-corrected chi connectivity index (χ0v) is 12.3. The topological polar surface area (TPSA) is 84.4 Å². The van der Waals surface area contributed by atoms with Gasteiger partial charge in [0, 0.05) is 24.9 Å². The summed E-state index contributed by atoms with van der Waals surface area (Å²) in [5, 5.41) is 2.75. The van der Waals surface area contributed by atoms with Gasteiger partial charge in [-0.1, -0.05) is 11.8 Å². The first-order valence-electron chi connectivity index (χ1n) is 6.86. The minimum absolute atomic E-state index is 0.0193. The number of anilines is 1. The highest BCUT2D eigenvalue weighted by Crippen LogP contribution is 2.20. The van der Waals surface area contributed by atoms with Crippen molar-refractivity contribution in [2.75, 3.05) is 37.0 Å². The summed E-state index contributed by atoms with van der Waals surface area (Å²) in [4.78, 5) is 34.0. The van der Waals surface area contributed by atoms with E-state index in [0.717, 1.165) is 18.8 Å². The van der Waals surface area contributed by atoms with Crippen LogP contribution in [0.1, 0.15) is 16.9 Å². The summed E-state index contributed by atoms with van der Waals surface area (Å²) in [6, 6.07) is 1.26. The lowest BCUT2D eigenvalue weighted by Gasteiger charge is -2.27. The van der Waals surface area contributed by atoms with Crippen molar-refractivity contribution < 1.29 is 14.3 Å². The third kappa shape index (κ3) is 3.33. The lowest BCUT2D eigenvalue weighted by atomic mass is 10.2. The van der Waals surface area contributed by atoms with Gasteiger partial charge in [0.1, 0.15) is 17.8 Å². The summed E-state index contributed by atoms with van der Waals surface area (Å²) >= 11 is 1.26. The molecule has 0 bridgehead atoms. The maximum atomic E-state index is 12.2. The second kappa shape index (κ2) is 6.40. The number of hydrogen-bond acceptors (Lipinski definition) is 7. The summed E-state index contributed by atoms with van der Waals surface area (Å²) in [6.07, 6.45) is 2.06. The van der Waals surface area contributed by atoms with Gasteiger partial charge >= 0.3 is 0 Å². The molecule has 8 heteroatoms. The summed E-state index contributed by atoms with van der Waals surface area (Å²) in [5.41, 5.74) is 0.288. The Labute approximate surface area is 126 Å². The van der Waals surface area contributed by atoms with Crippen molar-refractivity contribution in [1.82, 2.24) is 15.3 Å². The number of ether oxygens (including phenoxy) is 1. The van der Waals surface area contributed by atoms with Gasteiger partial charge in [0.05, 0.1) is 19.3 Å². The summed E-state index contributed by atoms with van der Waals surface area (Å²) in [5.74, 6) is 1.14. The molecular formula is C13H16N4O3S. The van der Waals surface area contributed by atoms with Crippen LogP contribution in [0.25, 0.3) is 0 Å². The summed E-state index contributed by atoms with van der Waals surface area (Å²) in [7, 11) is 0. The zero-order chi connectivity index (χ0) is 14.7. The van der Waals surface area contributed by atoms with Gasteiger partial charge in [-0.25, -0.2) is 9.97 Å². The molecule has 0 unspecified atom stereocenters. The molecule has 1 N–H and O–H groups in total. The van der Waals surface area contributed by atoms with Crippen LogP contribution in [-0.4, -0.2) is 59.1 Å². The molecule has 0 aromatic carbocycles. The fourth-order valence-electron chi connectivity index (χ4n) is 2.30. The number of carbonyl (C=O) groups excluding carboxylic acids is 2. The number of hydrogen-bond donors (Lipinski definition) is 1. The van der Waals surface area contributed by atoms with E-state index < -0.39 is 6.04 Å². The van der Waals surface area contributed by atoms with Gasteiger partial charge in [-0.15, -0.1) is 0 Å². The normalized spacial score (nSPS) is 22.4. The van der Waals surface area contributed by atoms with Crippen LogP contribution < -0.4 is 10.2 Å². The largest absolute Gasteiger partial charge is 0.378 e. The number of nitrogens with one attached hydrogen (secondary N) is 1. The van der Waals surface area contributed by atoms with E-state index in [-0.39, 0.29) is 16.7 Å². The Bertz CT molecular complexity index is 548. The van der Waals surface area contributed by atoms with E-state index >= 15 is 0 Å². The van der Waals surface area contributed by atoms with Gasteiger partial charge in [-0.2, -0.15) is 0 Å². The molecule has 2 aliphatic heterocycles. The SMILES string of the molecule is O=C(N[C@H]1CCSC1=O)c1cc(N2CCOCC2)ncn1. The second-order valence-electron chi connectivity index (χ2n) is 4.84. The van der Waals surface area contributed by atoms with Gasteiger partial charge in [0.2, 0.25) is 5.12 Å². The average molecular weight is 308 g/mol. The molecule has 3 heterocycles. The van der Waals surface area contributed by atoms with E-state index in [1.807, 2.05) is 0 Å². The number of carbonyl (C=O) groups is 2. The molecule has 0 spiro atoms. The van der Waals surface area contributed by atoms with Gasteiger partial charge in [0.15, 0.2) is 0 Å². The average Bonchev–Trinajstić information content (AvgIpc) is 2.93. The molecular weight excluding hydrogens is 292 g/mol. The van der Waals surface area contributed by atoms with E-state index in [1.165, 1.54) is 18.1 Å². The number of aromatic nitrogens is 2. The number of morpholine rings is 1. The highest BCUT2D eigenvalue weighted by molar-refractivity contribution is 8.14. The van der Waals surface area contributed by atoms with Crippen LogP contribution in [-0.2, 0) is 9.53 Å². The van der Waals surface area contributed by atoms with E-state index in [9.17, 15) is 9.59 Å². The minimum Gasteiger partial charge on any atom is -0.378 e. The van der Waals surface area contributed by atoms with Crippen molar-refractivity contribution in [1.29, 1.82) is 0 Å². The summed E-state index contributed by atoms with van der Waals surface area (Å²) < 4.78 is 5.30. The van der Waals surface area contributed by atoms with Crippen LogP contribution >= 0.6 is 11.8 Å². The lowest BCUT2D eigenvalue weighted by molar-refractivity contribution is -0.112. The standard InChI is InChI=1S/C13H16N4O3S/c18-12(16-9-1-6-21-13(9)19)10-7-11(15-8-14-10)17-2-4-20-5-3-17/h7-9H,1-6H2,(H,16,18)/t9-/m0/s1. The fourth-order valence-corrected chi connectivity index (χ4v) is 3.23. The Morgan fingerprint density at radius 2 is 2.19 bits per heavy atom.